The number of aryl methyl sites for hydroxylation is 1. The molecule has 3 heteroatoms. The number of rotatable bonds is 3. The first-order valence-electron chi connectivity index (χ1n) is 6.58. The molecule has 1 aromatic carbocycles. The van der Waals surface area contributed by atoms with Crippen LogP contribution in [-0.4, -0.2) is 17.2 Å². The summed E-state index contributed by atoms with van der Waals surface area (Å²) in [6.45, 7) is 4.13. The molecule has 1 aromatic rings. The minimum Gasteiger partial charge on any atom is -0.489 e. The molecular weight excluding hydrogens is 228 g/mol. The Bertz CT molecular complexity index is 439. The SMILES string of the molecule is Cc1ccc(C(=O)O)c(OC2CCCCC2C)c1. The van der Waals surface area contributed by atoms with Crippen molar-refractivity contribution in [1.82, 2.24) is 0 Å². The second kappa shape index (κ2) is 5.42. The van der Waals surface area contributed by atoms with Gasteiger partial charge in [-0.2, -0.15) is 0 Å². The predicted molar refractivity (Wildman–Crippen MR) is 70.2 cm³/mol. The van der Waals surface area contributed by atoms with E-state index in [9.17, 15) is 9.90 Å². The molecule has 1 aliphatic rings. The molecule has 2 rings (SSSR count). The normalized spacial score (nSPS) is 23.7. The van der Waals surface area contributed by atoms with Gasteiger partial charge in [0, 0.05) is 0 Å². The summed E-state index contributed by atoms with van der Waals surface area (Å²) >= 11 is 0. The lowest BCUT2D eigenvalue weighted by Crippen LogP contribution is -2.28. The average Bonchev–Trinajstić information content (AvgIpc) is 2.32. The highest BCUT2D eigenvalue weighted by Gasteiger charge is 2.24. The van der Waals surface area contributed by atoms with Crippen molar-refractivity contribution in [2.45, 2.75) is 45.6 Å². The zero-order valence-electron chi connectivity index (χ0n) is 11.0. The molecule has 0 amide bonds. The van der Waals surface area contributed by atoms with Crippen LogP contribution in [0.15, 0.2) is 18.2 Å². The van der Waals surface area contributed by atoms with Crippen molar-refractivity contribution in [2.24, 2.45) is 5.92 Å². The van der Waals surface area contributed by atoms with Crippen molar-refractivity contribution >= 4 is 5.97 Å². The van der Waals surface area contributed by atoms with Crippen LogP contribution in [0.2, 0.25) is 0 Å². The van der Waals surface area contributed by atoms with Gasteiger partial charge in [-0.25, -0.2) is 4.79 Å². The number of carboxylic acids is 1. The molecule has 1 fully saturated rings. The van der Waals surface area contributed by atoms with Gasteiger partial charge < -0.3 is 9.84 Å². The first-order valence-corrected chi connectivity index (χ1v) is 6.58. The lowest BCUT2D eigenvalue weighted by Gasteiger charge is -2.29. The van der Waals surface area contributed by atoms with Gasteiger partial charge in [-0.15, -0.1) is 0 Å². The van der Waals surface area contributed by atoms with Crippen molar-refractivity contribution in [3.63, 3.8) is 0 Å². The molecule has 0 saturated heterocycles. The van der Waals surface area contributed by atoms with Crippen molar-refractivity contribution in [3.8, 4) is 5.75 Å². The van der Waals surface area contributed by atoms with E-state index in [2.05, 4.69) is 6.92 Å². The van der Waals surface area contributed by atoms with E-state index in [1.807, 2.05) is 13.0 Å². The third-order valence-electron chi connectivity index (χ3n) is 3.68. The molecule has 0 radical (unpaired) electrons. The highest BCUT2D eigenvalue weighted by atomic mass is 16.5. The van der Waals surface area contributed by atoms with E-state index in [4.69, 9.17) is 4.74 Å². The summed E-state index contributed by atoms with van der Waals surface area (Å²) in [6, 6.07) is 5.26. The summed E-state index contributed by atoms with van der Waals surface area (Å²) in [4.78, 5) is 11.2. The maximum absolute atomic E-state index is 11.2. The van der Waals surface area contributed by atoms with Crippen LogP contribution in [-0.2, 0) is 0 Å². The minimum atomic E-state index is -0.923. The van der Waals surface area contributed by atoms with E-state index >= 15 is 0 Å². The molecule has 0 spiro atoms. The number of carboxylic acid groups (broad SMARTS) is 1. The summed E-state index contributed by atoms with van der Waals surface area (Å²) in [5, 5.41) is 9.17. The molecule has 2 unspecified atom stereocenters. The van der Waals surface area contributed by atoms with Gasteiger partial charge in [-0.05, 0) is 49.8 Å². The van der Waals surface area contributed by atoms with Crippen LogP contribution in [0.1, 0.15) is 48.5 Å². The molecule has 0 bridgehead atoms. The second-order valence-electron chi connectivity index (χ2n) is 5.22. The first-order chi connectivity index (χ1) is 8.58. The average molecular weight is 248 g/mol. The maximum atomic E-state index is 11.2. The molecule has 3 nitrogen and oxygen atoms in total. The van der Waals surface area contributed by atoms with E-state index in [0.29, 0.717) is 11.7 Å². The van der Waals surface area contributed by atoms with Gasteiger partial charge in [0.05, 0.1) is 0 Å². The van der Waals surface area contributed by atoms with E-state index in [1.165, 1.54) is 19.3 Å². The third kappa shape index (κ3) is 2.84. The second-order valence-corrected chi connectivity index (χ2v) is 5.22. The van der Waals surface area contributed by atoms with Crippen molar-refractivity contribution < 1.29 is 14.6 Å². The Morgan fingerprint density at radius 1 is 1.33 bits per heavy atom. The Morgan fingerprint density at radius 3 is 2.72 bits per heavy atom. The van der Waals surface area contributed by atoms with E-state index in [0.717, 1.165) is 12.0 Å². The quantitative estimate of drug-likeness (QED) is 0.888. The molecule has 0 aliphatic heterocycles. The van der Waals surface area contributed by atoms with E-state index in [-0.39, 0.29) is 11.7 Å². The van der Waals surface area contributed by atoms with Crippen LogP contribution < -0.4 is 4.74 Å². The van der Waals surface area contributed by atoms with Crippen LogP contribution in [0.4, 0.5) is 0 Å². The minimum absolute atomic E-state index is 0.152. The smallest absolute Gasteiger partial charge is 0.339 e. The van der Waals surface area contributed by atoms with Gasteiger partial charge >= 0.3 is 5.97 Å². The van der Waals surface area contributed by atoms with Gasteiger partial charge in [0.2, 0.25) is 0 Å². The molecule has 18 heavy (non-hydrogen) atoms. The molecule has 1 aliphatic carbocycles. The zero-order valence-corrected chi connectivity index (χ0v) is 11.0. The van der Waals surface area contributed by atoms with Crippen molar-refractivity contribution in [3.05, 3.63) is 29.3 Å². The van der Waals surface area contributed by atoms with Gasteiger partial charge in [0.1, 0.15) is 17.4 Å². The largest absolute Gasteiger partial charge is 0.489 e. The van der Waals surface area contributed by atoms with E-state index < -0.39 is 5.97 Å². The number of aromatic carboxylic acids is 1. The van der Waals surface area contributed by atoms with Gasteiger partial charge in [0.15, 0.2) is 0 Å². The number of carbonyl (C=O) groups is 1. The van der Waals surface area contributed by atoms with Crippen LogP contribution in [0.25, 0.3) is 0 Å². The van der Waals surface area contributed by atoms with Crippen LogP contribution in [0.3, 0.4) is 0 Å². The van der Waals surface area contributed by atoms with E-state index in [1.54, 1.807) is 12.1 Å². The molecule has 1 N–H and O–H groups in total. The lowest BCUT2D eigenvalue weighted by molar-refractivity contribution is 0.0673. The number of benzene rings is 1. The maximum Gasteiger partial charge on any atom is 0.339 e. The fourth-order valence-electron chi connectivity index (χ4n) is 2.52. The first kappa shape index (κ1) is 12.9. The Hall–Kier alpha value is -1.51. The van der Waals surface area contributed by atoms with Crippen molar-refractivity contribution in [1.29, 1.82) is 0 Å². The summed E-state index contributed by atoms with van der Waals surface area (Å²) in [5.41, 5.74) is 1.29. The Morgan fingerprint density at radius 2 is 2.06 bits per heavy atom. The molecule has 1 saturated carbocycles. The standard InChI is InChI=1S/C15H20O3/c1-10-7-8-12(15(16)17)14(9-10)18-13-6-4-3-5-11(13)2/h7-9,11,13H,3-6H2,1-2H3,(H,16,17). The monoisotopic (exact) mass is 248 g/mol. The summed E-state index contributed by atoms with van der Waals surface area (Å²) < 4.78 is 5.96. The van der Waals surface area contributed by atoms with Gasteiger partial charge in [-0.3, -0.25) is 0 Å². The fraction of sp³-hybridized carbons (Fsp3) is 0.533. The van der Waals surface area contributed by atoms with Crippen molar-refractivity contribution in [2.75, 3.05) is 0 Å². The Labute approximate surface area is 108 Å². The highest BCUT2D eigenvalue weighted by Crippen LogP contribution is 2.30. The predicted octanol–water partition coefficient (Wildman–Crippen LogP) is 3.65. The van der Waals surface area contributed by atoms with Crippen LogP contribution in [0, 0.1) is 12.8 Å². The molecule has 2 atom stereocenters. The highest BCUT2D eigenvalue weighted by molar-refractivity contribution is 5.91. The van der Waals surface area contributed by atoms with Crippen LogP contribution >= 0.6 is 0 Å². The topological polar surface area (TPSA) is 46.5 Å². The number of hydrogen-bond donors (Lipinski definition) is 1. The summed E-state index contributed by atoms with van der Waals surface area (Å²) in [6.07, 6.45) is 4.76. The van der Waals surface area contributed by atoms with Gasteiger partial charge in [0.25, 0.3) is 0 Å². The fourth-order valence-corrected chi connectivity index (χ4v) is 2.52. The molecule has 0 aromatic heterocycles. The zero-order chi connectivity index (χ0) is 13.1. The molecular formula is C15H20O3. The number of ether oxygens (including phenoxy) is 1. The number of hydrogen-bond acceptors (Lipinski definition) is 2. The Kier molecular flexibility index (Phi) is 3.90. The molecule has 98 valence electrons. The van der Waals surface area contributed by atoms with Gasteiger partial charge in [-0.1, -0.05) is 19.4 Å². The third-order valence-corrected chi connectivity index (χ3v) is 3.68. The van der Waals surface area contributed by atoms with Crippen LogP contribution in [0.5, 0.6) is 5.75 Å². The summed E-state index contributed by atoms with van der Waals surface area (Å²) in [7, 11) is 0. The molecule has 0 heterocycles. The lowest BCUT2D eigenvalue weighted by atomic mass is 9.88. The summed E-state index contributed by atoms with van der Waals surface area (Å²) in [5.74, 6) is 0.0932. The Balaban J connectivity index is 2.21.